The Bertz CT molecular complexity index is 544. The standard InChI is InChI=1S/C18H33N5/c1-13(2)11-16-8-10-23(12-16)18(19-5)20-9-7-17-14(3)21-22(6)15(17)4/h13,16H,7-12H2,1-6H3,(H,19,20). The Balaban J connectivity index is 1.84. The number of hydrogen-bond acceptors (Lipinski definition) is 2. The molecule has 1 aromatic rings. The maximum Gasteiger partial charge on any atom is 0.193 e. The lowest BCUT2D eigenvalue weighted by Gasteiger charge is -2.22. The van der Waals surface area contributed by atoms with Crippen molar-refractivity contribution >= 4 is 5.96 Å². The second-order valence-electron chi connectivity index (χ2n) is 7.23. The zero-order valence-corrected chi connectivity index (χ0v) is 15.7. The number of rotatable bonds is 5. The predicted octanol–water partition coefficient (Wildman–Crippen LogP) is 2.52. The first-order chi connectivity index (χ1) is 10.9. The van der Waals surface area contributed by atoms with Gasteiger partial charge in [-0.1, -0.05) is 13.8 Å². The molecule has 1 N–H and O–H groups in total. The van der Waals surface area contributed by atoms with Gasteiger partial charge in [0.2, 0.25) is 0 Å². The van der Waals surface area contributed by atoms with Crippen LogP contribution in [0.25, 0.3) is 0 Å². The van der Waals surface area contributed by atoms with Crippen molar-refractivity contribution in [2.45, 2.75) is 47.0 Å². The van der Waals surface area contributed by atoms with E-state index in [0.29, 0.717) is 0 Å². The molecule has 0 aliphatic carbocycles. The largest absolute Gasteiger partial charge is 0.356 e. The number of guanidine groups is 1. The molecule has 0 aromatic carbocycles. The number of hydrogen-bond donors (Lipinski definition) is 1. The smallest absolute Gasteiger partial charge is 0.193 e. The van der Waals surface area contributed by atoms with Gasteiger partial charge in [0.25, 0.3) is 0 Å². The molecule has 1 aromatic heterocycles. The Morgan fingerprint density at radius 2 is 2.13 bits per heavy atom. The highest BCUT2D eigenvalue weighted by Gasteiger charge is 2.25. The van der Waals surface area contributed by atoms with Gasteiger partial charge in [-0.05, 0) is 50.5 Å². The van der Waals surface area contributed by atoms with Crippen molar-refractivity contribution in [1.82, 2.24) is 20.0 Å². The third-order valence-corrected chi connectivity index (χ3v) is 4.92. The van der Waals surface area contributed by atoms with Gasteiger partial charge >= 0.3 is 0 Å². The van der Waals surface area contributed by atoms with E-state index in [0.717, 1.165) is 49.5 Å². The molecule has 5 heteroatoms. The Kier molecular flexibility index (Phi) is 6.08. The highest BCUT2D eigenvalue weighted by molar-refractivity contribution is 5.80. The second kappa shape index (κ2) is 7.84. The summed E-state index contributed by atoms with van der Waals surface area (Å²) < 4.78 is 1.97. The number of likely N-dealkylation sites (tertiary alicyclic amines) is 1. The van der Waals surface area contributed by atoms with Gasteiger partial charge in [0, 0.05) is 39.4 Å². The number of nitrogens with one attached hydrogen (secondary N) is 1. The van der Waals surface area contributed by atoms with Crippen LogP contribution in [-0.4, -0.2) is 47.3 Å². The quantitative estimate of drug-likeness (QED) is 0.670. The molecule has 0 amide bonds. The van der Waals surface area contributed by atoms with Gasteiger partial charge in [0.15, 0.2) is 5.96 Å². The first-order valence-corrected chi connectivity index (χ1v) is 8.87. The Hall–Kier alpha value is -1.52. The summed E-state index contributed by atoms with van der Waals surface area (Å²) in [6.07, 6.45) is 3.61. The van der Waals surface area contributed by atoms with Gasteiger partial charge in [0.1, 0.15) is 0 Å². The minimum Gasteiger partial charge on any atom is -0.356 e. The molecule has 1 aliphatic heterocycles. The molecule has 130 valence electrons. The van der Waals surface area contributed by atoms with E-state index in [1.807, 2.05) is 18.8 Å². The molecule has 5 nitrogen and oxygen atoms in total. The average Bonchev–Trinajstić information content (AvgIpc) is 3.02. The molecule has 0 spiro atoms. The SMILES string of the molecule is CN=C(NCCc1c(C)nn(C)c1C)N1CCC(CC(C)C)C1. The van der Waals surface area contributed by atoms with E-state index in [-0.39, 0.29) is 0 Å². The predicted molar refractivity (Wildman–Crippen MR) is 96.9 cm³/mol. The van der Waals surface area contributed by atoms with E-state index in [4.69, 9.17) is 0 Å². The maximum atomic E-state index is 4.49. The molecular formula is C18H33N5. The average molecular weight is 319 g/mol. The van der Waals surface area contributed by atoms with Crippen molar-refractivity contribution < 1.29 is 0 Å². The monoisotopic (exact) mass is 319 g/mol. The minimum absolute atomic E-state index is 0.784. The van der Waals surface area contributed by atoms with Gasteiger partial charge in [-0.25, -0.2) is 0 Å². The molecule has 23 heavy (non-hydrogen) atoms. The van der Waals surface area contributed by atoms with Crippen molar-refractivity contribution in [3.05, 3.63) is 17.0 Å². The van der Waals surface area contributed by atoms with Crippen LogP contribution in [-0.2, 0) is 13.5 Å². The molecule has 2 rings (SSSR count). The lowest BCUT2D eigenvalue weighted by atomic mass is 9.97. The Labute approximate surface area is 141 Å². The fourth-order valence-electron chi connectivity index (χ4n) is 3.69. The van der Waals surface area contributed by atoms with Crippen LogP contribution in [0, 0.1) is 25.7 Å². The van der Waals surface area contributed by atoms with Gasteiger partial charge in [-0.15, -0.1) is 0 Å². The summed E-state index contributed by atoms with van der Waals surface area (Å²) >= 11 is 0. The van der Waals surface area contributed by atoms with E-state index in [9.17, 15) is 0 Å². The lowest BCUT2D eigenvalue weighted by molar-refractivity contribution is 0.404. The zero-order chi connectivity index (χ0) is 17.0. The second-order valence-corrected chi connectivity index (χ2v) is 7.23. The van der Waals surface area contributed by atoms with Gasteiger partial charge in [-0.3, -0.25) is 9.67 Å². The van der Waals surface area contributed by atoms with E-state index >= 15 is 0 Å². The molecule has 1 atom stereocenters. The normalized spacial score (nSPS) is 19.0. The molecule has 1 saturated heterocycles. The van der Waals surface area contributed by atoms with Crippen LogP contribution in [0.1, 0.15) is 43.6 Å². The number of aryl methyl sites for hydroxylation is 2. The highest BCUT2D eigenvalue weighted by Crippen LogP contribution is 2.23. The van der Waals surface area contributed by atoms with Crippen LogP contribution in [0.15, 0.2) is 4.99 Å². The molecule has 1 fully saturated rings. The Morgan fingerprint density at radius 3 is 2.70 bits per heavy atom. The van der Waals surface area contributed by atoms with Crippen molar-refractivity contribution in [1.29, 1.82) is 0 Å². The molecule has 2 heterocycles. The summed E-state index contributed by atoms with van der Waals surface area (Å²) in [6.45, 7) is 12.0. The summed E-state index contributed by atoms with van der Waals surface area (Å²) in [7, 11) is 3.90. The highest BCUT2D eigenvalue weighted by atomic mass is 15.3. The van der Waals surface area contributed by atoms with Crippen LogP contribution in [0.3, 0.4) is 0 Å². The fourth-order valence-corrected chi connectivity index (χ4v) is 3.69. The minimum atomic E-state index is 0.784. The fraction of sp³-hybridized carbons (Fsp3) is 0.778. The summed E-state index contributed by atoms with van der Waals surface area (Å²) in [5.74, 6) is 2.65. The van der Waals surface area contributed by atoms with Crippen molar-refractivity contribution in [3.8, 4) is 0 Å². The zero-order valence-electron chi connectivity index (χ0n) is 15.7. The van der Waals surface area contributed by atoms with Gasteiger partial charge in [0.05, 0.1) is 5.69 Å². The first kappa shape index (κ1) is 17.8. The third kappa shape index (κ3) is 4.49. The van der Waals surface area contributed by atoms with Crippen molar-refractivity contribution in [2.24, 2.45) is 23.9 Å². The number of aromatic nitrogens is 2. The summed E-state index contributed by atoms with van der Waals surface area (Å²) in [6, 6.07) is 0. The van der Waals surface area contributed by atoms with Crippen molar-refractivity contribution in [3.63, 3.8) is 0 Å². The maximum absolute atomic E-state index is 4.49. The summed E-state index contributed by atoms with van der Waals surface area (Å²) in [5, 5.41) is 8.03. The van der Waals surface area contributed by atoms with E-state index in [2.05, 4.69) is 48.0 Å². The third-order valence-electron chi connectivity index (χ3n) is 4.92. The number of nitrogens with zero attached hydrogens (tertiary/aromatic N) is 4. The first-order valence-electron chi connectivity index (χ1n) is 8.87. The van der Waals surface area contributed by atoms with Crippen LogP contribution < -0.4 is 5.32 Å². The molecule has 0 radical (unpaired) electrons. The Morgan fingerprint density at radius 1 is 1.39 bits per heavy atom. The van der Waals surface area contributed by atoms with E-state index in [1.165, 1.54) is 24.1 Å². The molecule has 1 unspecified atom stereocenters. The van der Waals surface area contributed by atoms with Crippen LogP contribution >= 0.6 is 0 Å². The molecular weight excluding hydrogens is 286 g/mol. The summed E-state index contributed by atoms with van der Waals surface area (Å²) in [4.78, 5) is 6.89. The molecule has 0 saturated carbocycles. The van der Waals surface area contributed by atoms with Crippen LogP contribution in [0.2, 0.25) is 0 Å². The number of aliphatic imine (C=N–C) groups is 1. The molecule has 1 aliphatic rings. The topological polar surface area (TPSA) is 45.5 Å². The van der Waals surface area contributed by atoms with Crippen LogP contribution in [0.5, 0.6) is 0 Å². The summed E-state index contributed by atoms with van der Waals surface area (Å²) in [5.41, 5.74) is 3.76. The van der Waals surface area contributed by atoms with Gasteiger partial charge < -0.3 is 10.2 Å². The van der Waals surface area contributed by atoms with E-state index in [1.54, 1.807) is 0 Å². The van der Waals surface area contributed by atoms with Crippen molar-refractivity contribution in [2.75, 3.05) is 26.7 Å². The van der Waals surface area contributed by atoms with E-state index < -0.39 is 0 Å². The lowest BCUT2D eigenvalue weighted by Crippen LogP contribution is -2.41. The molecule has 0 bridgehead atoms. The van der Waals surface area contributed by atoms with Crippen LogP contribution in [0.4, 0.5) is 0 Å². The van der Waals surface area contributed by atoms with Gasteiger partial charge in [-0.2, -0.15) is 5.10 Å².